The van der Waals surface area contributed by atoms with Crippen LogP contribution in [-0.4, -0.2) is 11.4 Å². The molecule has 0 fully saturated rings. The standard InChI is InChI=1S/C11H14ClFN2O/c1-11(2,14)10(16)15-6-7-3-4-9(13)8(12)5-7/h3-5H,6,14H2,1-2H3,(H,15,16). The molecule has 0 aliphatic carbocycles. The molecule has 3 nitrogen and oxygen atoms in total. The quantitative estimate of drug-likeness (QED) is 0.852. The van der Waals surface area contributed by atoms with E-state index in [1.807, 2.05) is 0 Å². The van der Waals surface area contributed by atoms with Gasteiger partial charge >= 0.3 is 0 Å². The van der Waals surface area contributed by atoms with Crippen LogP contribution in [0.25, 0.3) is 0 Å². The zero-order valence-corrected chi connectivity index (χ0v) is 9.94. The van der Waals surface area contributed by atoms with E-state index >= 15 is 0 Å². The highest BCUT2D eigenvalue weighted by Gasteiger charge is 2.21. The number of nitrogens with one attached hydrogen (secondary N) is 1. The zero-order chi connectivity index (χ0) is 12.3. The molecular formula is C11H14ClFN2O. The molecule has 5 heteroatoms. The lowest BCUT2D eigenvalue weighted by Crippen LogP contribution is -2.48. The predicted molar refractivity (Wildman–Crippen MR) is 61.5 cm³/mol. The van der Waals surface area contributed by atoms with E-state index in [1.165, 1.54) is 12.1 Å². The highest BCUT2D eigenvalue weighted by Crippen LogP contribution is 2.15. The second-order valence-corrected chi connectivity index (χ2v) is 4.56. The first-order valence-electron chi connectivity index (χ1n) is 4.82. The van der Waals surface area contributed by atoms with Crippen LogP contribution in [0, 0.1) is 5.82 Å². The van der Waals surface area contributed by atoms with Crippen molar-refractivity contribution >= 4 is 17.5 Å². The molecule has 3 N–H and O–H groups in total. The molecule has 0 saturated heterocycles. The molecule has 0 radical (unpaired) electrons. The van der Waals surface area contributed by atoms with E-state index in [2.05, 4.69) is 5.32 Å². The van der Waals surface area contributed by atoms with Gasteiger partial charge < -0.3 is 11.1 Å². The molecule has 0 spiro atoms. The number of halogens is 2. The van der Waals surface area contributed by atoms with Gasteiger partial charge in [0.25, 0.3) is 0 Å². The molecule has 0 aliphatic rings. The van der Waals surface area contributed by atoms with E-state index in [9.17, 15) is 9.18 Å². The number of rotatable bonds is 3. The van der Waals surface area contributed by atoms with Gasteiger partial charge in [-0.25, -0.2) is 4.39 Å². The first-order chi connectivity index (χ1) is 7.30. The highest BCUT2D eigenvalue weighted by atomic mass is 35.5. The molecule has 0 aromatic heterocycles. The Morgan fingerprint density at radius 3 is 2.69 bits per heavy atom. The van der Waals surface area contributed by atoms with Crippen molar-refractivity contribution in [3.8, 4) is 0 Å². The molecule has 1 rings (SSSR count). The summed E-state index contributed by atoms with van der Waals surface area (Å²) < 4.78 is 12.8. The first-order valence-corrected chi connectivity index (χ1v) is 5.19. The Kier molecular flexibility index (Phi) is 3.88. The molecule has 88 valence electrons. The summed E-state index contributed by atoms with van der Waals surface area (Å²) in [7, 11) is 0. The van der Waals surface area contributed by atoms with Gasteiger partial charge in [-0.15, -0.1) is 0 Å². The van der Waals surface area contributed by atoms with Gasteiger partial charge in [-0.1, -0.05) is 17.7 Å². The summed E-state index contributed by atoms with van der Waals surface area (Å²) in [6, 6.07) is 4.29. The largest absolute Gasteiger partial charge is 0.350 e. The van der Waals surface area contributed by atoms with Crippen LogP contribution in [0.5, 0.6) is 0 Å². The number of carbonyl (C=O) groups is 1. The maximum absolute atomic E-state index is 12.8. The Labute approximate surface area is 98.8 Å². The van der Waals surface area contributed by atoms with E-state index in [0.29, 0.717) is 0 Å². The van der Waals surface area contributed by atoms with E-state index in [4.69, 9.17) is 17.3 Å². The number of nitrogens with two attached hydrogens (primary N) is 1. The molecule has 16 heavy (non-hydrogen) atoms. The maximum Gasteiger partial charge on any atom is 0.239 e. The third-order valence-corrected chi connectivity index (χ3v) is 2.31. The summed E-state index contributed by atoms with van der Waals surface area (Å²) in [5.41, 5.74) is 5.40. The summed E-state index contributed by atoms with van der Waals surface area (Å²) in [4.78, 5) is 11.4. The van der Waals surface area contributed by atoms with Crippen LogP contribution in [0.1, 0.15) is 19.4 Å². The SMILES string of the molecule is CC(C)(N)C(=O)NCc1ccc(F)c(Cl)c1. The summed E-state index contributed by atoms with van der Waals surface area (Å²) in [5.74, 6) is -0.746. The first kappa shape index (κ1) is 12.9. The number of hydrogen-bond acceptors (Lipinski definition) is 2. The van der Waals surface area contributed by atoms with E-state index < -0.39 is 11.4 Å². The van der Waals surface area contributed by atoms with Gasteiger partial charge in [-0.3, -0.25) is 4.79 Å². The topological polar surface area (TPSA) is 55.1 Å². The van der Waals surface area contributed by atoms with Crippen LogP contribution < -0.4 is 11.1 Å². The van der Waals surface area contributed by atoms with Gasteiger partial charge in [0.15, 0.2) is 0 Å². The van der Waals surface area contributed by atoms with Crippen LogP contribution >= 0.6 is 11.6 Å². The minimum atomic E-state index is -0.927. The van der Waals surface area contributed by atoms with Crippen LogP contribution in [0.3, 0.4) is 0 Å². The summed E-state index contributed by atoms with van der Waals surface area (Å²) in [6.45, 7) is 3.50. The van der Waals surface area contributed by atoms with Crippen molar-refractivity contribution in [1.29, 1.82) is 0 Å². The van der Waals surface area contributed by atoms with Gasteiger partial charge in [-0.05, 0) is 31.5 Å². The second-order valence-electron chi connectivity index (χ2n) is 4.15. The number of amides is 1. The van der Waals surface area contributed by atoms with Crippen molar-refractivity contribution in [3.05, 3.63) is 34.6 Å². The third kappa shape index (κ3) is 3.47. The van der Waals surface area contributed by atoms with Gasteiger partial charge in [0, 0.05) is 6.54 Å². The summed E-state index contributed by atoms with van der Waals surface area (Å²) in [6.07, 6.45) is 0. The third-order valence-electron chi connectivity index (χ3n) is 2.02. The Morgan fingerprint density at radius 2 is 2.19 bits per heavy atom. The summed E-state index contributed by atoms with van der Waals surface area (Å²) in [5, 5.41) is 2.68. The minimum absolute atomic E-state index is 0.0405. The normalized spacial score (nSPS) is 11.3. The van der Waals surface area contributed by atoms with Crippen LogP contribution in [0.2, 0.25) is 5.02 Å². The molecule has 0 saturated carbocycles. The smallest absolute Gasteiger partial charge is 0.239 e. The lowest BCUT2D eigenvalue weighted by molar-refractivity contribution is -0.125. The van der Waals surface area contributed by atoms with Crippen molar-refractivity contribution in [2.75, 3.05) is 0 Å². The second kappa shape index (κ2) is 4.80. The molecular weight excluding hydrogens is 231 g/mol. The van der Waals surface area contributed by atoms with Crippen LogP contribution in [0.15, 0.2) is 18.2 Å². The Hall–Kier alpha value is -1.13. The van der Waals surface area contributed by atoms with Crippen molar-refractivity contribution < 1.29 is 9.18 Å². The molecule has 1 aromatic carbocycles. The Balaban J connectivity index is 2.62. The monoisotopic (exact) mass is 244 g/mol. The van der Waals surface area contributed by atoms with E-state index in [0.717, 1.165) is 5.56 Å². The van der Waals surface area contributed by atoms with Gasteiger partial charge in [0.05, 0.1) is 10.6 Å². The number of carbonyl (C=O) groups excluding carboxylic acids is 1. The molecule has 0 heterocycles. The van der Waals surface area contributed by atoms with E-state index in [1.54, 1.807) is 19.9 Å². The highest BCUT2D eigenvalue weighted by molar-refractivity contribution is 6.30. The summed E-state index contributed by atoms with van der Waals surface area (Å²) >= 11 is 5.61. The average molecular weight is 245 g/mol. The van der Waals surface area contributed by atoms with E-state index in [-0.39, 0.29) is 17.5 Å². The number of benzene rings is 1. The van der Waals surface area contributed by atoms with Gasteiger partial charge in [0.2, 0.25) is 5.91 Å². The van der Waals surface area contributed by atoms with Gasteiger partial charge in [0.1, 0.15) is 5.82 Å². The molecule has 0 bridgehead atoms. The molecule has 1 amide bonds. The van der Waals surface area contributed by atoms with Crippen molar-refractivity contribution in [2.24, 2.45) is 5.73 Å². The average Bonchev–Trinajstić information content (AvgIpc) is 2.18. The Morgan fingerprint density at radius 1 is 1.56 bits per heavy atom. The minimum Gasteiger partial charge on any atom is -0.350 e. The molecule has 0 aliphatic heterocycles. The fourth-order valence-electron chi connectivity index (χ4n) is 1.06. The van der Waals surface area contributed by atoms with Gasteiger partial charge in [-0.2, -0.15) is 0 Å². The predicted octanol–water partition coefficient (Wildman–Crippen LogP) is 1.83. The van der Waals surface area contributed by atoms with Crippen molar-refractivity contribution in [2.45, 2.75) is 25.9 Å². The van der Waals surface area contributed by atoms with Crippen LogP contribution in [-0.2, 0) is 11.3 Å². The van der Waals surface area contributed by atoms with Crippen molar-refractivity contribution in [3.63, 3.8) is 0 Å². The maximum atomic E-state index is 12.8. The number of hydrogen-bond donors (Lipinski definition) is 2. The molecule has 0 unspecified atom stereocenters. The zero-order valence-electron chi connectivity index (χ0n) is 9.18. The molecule has 0 atom stereocenters. The lowest BCUT2D eigenvalue weighted by atomic mass is 10.1. The Bertz CT molecular complexity index is 401. The molecule has 1 aromatic rings. The van der Waals surface area contributed by atoms with Crippen LogP contribution in [0.4, 0.5) is 4.39 Å². The van der Waals surface area contributed by atoms with Crippen molar-refractivity contribution in [1.82, 2.24) is 5.32 Å². The fraction of sp³-hybridized carbons (Fsp3) is 0.364. The lowest BCUT2D eigenvalue weighted by Gasteiger charge is -2.17. The fourth-order valence-corrected chi connectivity index (χ4v) is 1.26.